The Labute approximate surface area is 384 Å². The average Bonchev–Trinajstić information content (AvgIpc) is 3.84. The lowest BCUT2D eigenvalue weighted by Crippen LogP contribution is -2.67. The van der Waals surface area contributed by atoms with E-state index in [2.05, 4.69) is 185 Å². The fourth-order valence-electron chi connectivity index (χ4n) is 10.1. The predicted octanol–water partition coefficient (Wildman–Crippen LogP) is 16.3. The van der Waals surface area contributed by atoms with Gasteiger partial charge in [-0.05, 0) is 85.9 Å². The van der Waals surface area contributed by atoms with E-state index in [1.807, 2.05) is 42.6 Å². The molecule has 0 saturated carbocycles. The molecule has 2 bridgehead atoms. The van der Waals surface area contributed by atoms with Crippen molar-refractivity contribution in [1.82, 2.24) is 18.5 Å². The number of quaternary nitrogens is 2. The molecule has 0 spiro atoms. The summed E-state index contributed by atoms with van der Waals surface area (Å²) in [6, 6.07) is 47.3. The summed E-state index contributed by atoms with van der Waals surface area (Å²) < 4.78 is 26.6. The molecule has 3 aliphatic rings. The van der Waals surface area contributed by atoms with Crippen LogP contribution in [-0.4, -0.2) is 16.2 Å². The highest BCUT2D eigenvalue weighted by Crippen LogP contribution is 2.68. The van der Waals surface area contributed by atoms with Crippen molar-refractivity contribution >= 4 is 44.6 Å². The number of halogens is 1. The number of aromatic nitrogens is 2. The smallest absolute Gasteiger partial charge is 0.188 e. The molecule has 3 aliphatic heterocycles. The fraction of sp³-hybridized carbons (Fsp3) is 0.288. The largest absolute Gasteiger partial charge is 0.457 e. The van der Waals surface area contributed by atoms with Gasteiger partial charge in [0.1, 0.15) is 34.5 Å². The number of rotatable bonds is 6. The summed E-state index contributed by atoms with van der Waals surface area (Å²) in [6.07, 6.45) is 1.85. The minimum Gasteiger partial charge on any atom is -0.457 e. The lowest BCUT2D eigenvalue weighted by molar-refractivity contribution is 0.187. The molecule has 5 heterocycles. The molecule has 6 aromatic carbocycles. The van der Waals surface area contributed by atoms with Crippen molar-refractivity contribution in [3.05, 3.63) is 174 Å². The first-order valence-electron chi connectivity index (χ1n) is 23.1. The molecule has 11 rings (SSSR count). The molecule has 0 unspecified atom stereocenters. The summed E-state index contributed by atoms with van der Waals surface area (Å²) in [4.78, 5) is 4.82. The van der Waals surface area contributed by atoms with E-state index in [0.29, 0.717) is 31.4 Å². The monoisotopic (exact) mass is 861 g/mol. The van der Waals surface area contributed by atoms with Crippen LogP contribution in [0.25, 0.3) is 38.8 Å². The van der Waals surface area contributed by atoms with Crippen LogP contribution >= 0.6 is 0 Å². The number of hydrogen-bond acceptors (Lipinski definition) is 2. The van der Waals surface area contributed by atoms with E-state index >= 15 is 4.39 Å². The summed E-state index contributed by atoms with van der Waals surface area (Å²) >= 11 is 0. The van der Waals surface area contributed by atoms with Crippen LogP contribution in [0.2, 0.25) is 0 Å². The van der Waals surface area contributed by atoms with Gasteiger partial charge in [0, 0.05) is 58.9 Å². The summed E-state index contributed by atoms with van der Waals surface area (Å²) in [5, 5.41) is 1.39. The normalized spacial score (nSPS) is 18.5. The zero-order valence-electron chi connectivity index (χ0n) is 40.1. The van der Waals surface area contributed by atoms with Gasteiger partial charge in [-0.15, -0.1) is 0 Å². The van der Waals surface area contributed by atoms with Crippen molar-refractivity contribution in [2.75, 3.05) is 6.67 Å². The number of hydrogen-bond donors (Lipinski definition) is 0. The molecular weight excluding hydrogens is 800 g/mol. The van der Waals surface area contributed by atoms with Crippen LogP contribution in [0, 0.1) is 12.5 Å². The second-order valence-corrected chi connectivity index (χ2v) is 22.7. The quantitative estimate of drug-likeness (QED) is 0.123. The maximum Gasteiger partial charge on any atom is 0.188 e. The van der Waals surface area contributed by atoms with Crippen LogP contribution in [0.4, 0.5) is 27.1 Å². The van der Waals surface area contributed by atoms with E-state index in [1.165, 1.54) is 50.9 Å². The van der Waals surface area contributed by atoms with Crippen molar-refractivity contribution < 1.29 is 9.13 Å². The van der Waals surface area contributed by atoms with Gasteiger partial charge in [0.15, 0.2) is 18.0 Å². The molecule has 1 saturated heterocycles. The van der Waals surface area contributed by atoms with Gasteiger partial charge in [-0.3, -0.25) is 13.5 Å². The first kappa shape index (κ1) is 42.8. The highest BCUT2D eigenvalue weighted by atomic mass is 19.1. The molecule has 0 aliphatic carbocycles. The van der Waals surface area contributed by atoms with Crippen LogP contribution in [0.5, 0.6) is 11.5 Å². The molecule has 0 N–H and O–H groups in total. The van der Waals surface area contributed by atoms with Crippen molar-refractivity contribution in [3.63, 3.8) is 0 Å². The lowest BCUT2D eigenvalue weighted by Gasteiger charge is -2.56. The standard InChI is InChI=1S/C59H62FN4O/c1-56(2,3)39-19-15-18-38(28-39)47-23-17-25-52-55(47)64(44-30-41(58(7,8)9)29-42(31-44)59(10,11)12)36-63(52,37-64)43-20-16-21-45(33-43)65-46-34-49(60)54-48-22-13-14-24-50(48)62(51(54)35-46)53-32-40(26-27-61-53)57(4,5)6/h13-36H,37H2,1-12H3/q+1/t63-,64+/m1/s1. The number of ether oxygens (including phenoxy) is 1. The second-order valence-electron chi connectivity index (χ2n) is 22.7. The summed E-state index contributed by atoms with van der Waals surface area (Å²) in [6.45, 7) is 30.6. The first-order chi connectivity index (χ1) is 30.6. The molecule has 6 heteroatoms. The maximum atomic E-state index is 16.6. The Morgan fingerprint density at radius 2 is 1.20 bits per heavy atom. The van der Waals surface area contributed by atoms with E-state index in [0.717, 1.165) is 34.6 Å². The van der Waals surface area contributed by atoms with E-state index in [4.69, 9.17) is 9.72 Å². The Kier molecular flexibility index (Phi) is 9.53. The molecule has 330 valence electrons. The van der Waals surface area contributed by atoms with E-state index in [9.17, 15) is 0 Å². The molecule has 0 amide bonds. The Balaban J connectivity index is 1.11. The summed E-state index contributed by atoms with van der Waals surface area (Å²) in [5.41, 5.74) is 14.0. The number of pyridine rings is 1. The first-order valence-corrected chi connectivity index (χ1v) is 23.1. The molecular formula is C59H62FN4O+. The van der Waals surface area contributed by atoms with Crippen LogP contribution in [0.15, 0.2) is 140 Å². The Morgan fingerprint density at radius 1 is 0.554 bits per heavy atom. The van der Waals surface area contributed by atoms with Gasteiger partial charge in [0.2, 0.25) is 0 Å². The molecule has 0 radical (unpaired) electrons. The van der Waals surface area contributed by atoms with Gasteiger partial charge in [0.25, 0.3) is 0 Å². The summed E-state index contributed by atoms with van der Waals surface area (Å²) in [7, 11) is 0. The third kappa shape index (κ3) is 6.99. The van der Waals surface area contributed by atoms with Gasteiger partial charge in [0.05, 0.1) is 17.7 Å². The Hall–Kier alpha value is -6.08. The highest BCUT2D eigenvalue weighted by molar-refractivity contribution is 6.10. The zero-order valence-corrected chi connectivity index (χ0v) is 40.1. The van der Waals surface area contributed by atoms with Crippen molar-refractivity contribution in [1.29, 1.82) is 0 Å². The Bertz CT molecular complexity index is 3160. The van der Waals surface area contributed by atoms with Crippen molar-refractivity contribution in [2.24, 2.45) is 0 Å². The number of para-hydroxylation sites is 2. The van der Waals surface area contributed by atoms with Gasteiger partial charge >= 0.3 is 0 Å². The van der Waals surface area contributed by atoms with Crippen molar-refractivity contribution in [2.45, 2.75) is 105 Å². The molecule has 65 heavy (non-hydrogen) atoms. The third-order valence-electron chi connectivity index (χ3n) is 13.9. The van der Waals surface area contributed by atoms with E-state index in [1.54, 1.807) is 0 Å². The van der Waals surface area contributed by atoms with E-state index < -0.39 is 0 Å². The number of nitrogens with zero attached hydrogens (tertiary/aromatic N) is 4. The van der Waals surface area contributed by atoms with Crippen LogP contribution in [0.3, 0.4) is 0 Å². The van der Waals surface area contributed by atoms with Crippen LogP contribution < -0.4 is 13.7 Å². The van der Waals surface area contributed by atoms with Gasteiger partial charge in [-0.2, -0.15) is 0 Å². The molecule has 8 aromatic rings. The predicted molar refractivity (Wildman–Crippen MR) is 270 cm³/mol. The van der Waals surface area contributed by atoms with Crippen LogP contribution in [0.1, 0.15) is 105 Å². The molecule has 5 nitrogen and oxygen atoms in total. The fourth-order valence-corrected chi connectivity index (χ4v) is 10.1. The third-order valence-corrected chi connectivity index (χ3v) is 13.9. The molecule has 1 fully saturated rings. The maximum absolute atomic E-state index is 16.6. The highest BCUT2D eigenvalue weighted by Gasteiger charge is 2.64. The van der Waals surface area contributed by atoms with Gasteiger partial charge in [-0.25, -0.2) is 9.37 Å². The lowest BCUT2D eigenvalue weighted by atomic mass is 9.80. The number of fused-ring (bicyclic) bond motifs is 3. The van der Waals surface area contributed by atoms with Gasteiger partial charge < -0.3 is 4.74 Å². The Morgan fingerprint density at radius 3 is 1.89 bits per heavy atom. The summed E-state index contributed by atoms with van der Waals surface area (Å²) in [5.74, 6) is 1.49. The number of benzene rings is 6. The van der Waals surface area contributed by atoms with E-state index in [-0.39, 0.29) is 27.5 Å². The van der Waals surface area contributed by atoms with Gasteiger partial charge in [-0.1, -0.05) is 144 Å². The minimum atomic E-state index is -0.334. The zero-order chi connectivity index (χ0) is 46.1. The molecule has 2 aromatic heterocycles. The second kappa shape index (κ2) is 14.5. The average molecular weight is 862 g/mol. The topological polar surface area (TPSA) is 27.1 Å². The van der Waals surface area contributed by atoms with Crippen LogP contribution in [-0.2, 0) is 21.7 Å². The SMILES string of the molecule is CC(C)(C)c1cccc(-c2cccc3c2[N@@+]2(c4cc(C(C)(C)C)cc(C(C)(C)C)c4)[CH-][N@+]3(c3cccc(Oc4cc(F)c5c6ccccc6n(-c6cc(C(C)(C)C)ccn6)c5c4)c3)C2)c1. The van der Waals surface area contributed by atoms with Crippen molar-refractivity contribution in [3.8, 4) is 28.4 Å². The molecule has 2 atom stereocenters. The minimum absolute atomic E-state index is 0.00730.